The van der Waals surface area contributed by atoms with E-state index in [1.807, 2.05) is 30.3 Å². The number of nitro groups is 2. The van der Waals surface area contributed by atoms with Crippen LogP contribution in [-0.4, -0.2) is 15.8 Å². The number of carbonyl (C=O) groups is 1. The molecule has 3 aromatic rings. The Kier molecular flexibility index (Phi) is 5.61. The van der Waals surface area contributed by atoms with E-state index < -0.39 is 27.1 Å². The summed E-state index contributed by atoms with van der Waals surface area (Å²) in [6, 6.07) is 18.9. The lowest BCUT2D eigenvalue weighted by molar-refractivity contribution is -0.394. The highest BCUT2D eigenvalue weighted by Crippen LogP contribution is 2.23. The zero-order chi connectivity index (χ0) is 20.8. The van der Waals surface area contributed by atoms with Gasteiger partial charge in [0.25, 0.3) is 17.3 Å². The zero-order valence-corrected chi connectivity index (χ0v) is 14.9. The summed E-state index contributed by atoms with van der Waals surface area (Å²) in [5.41, 5.74) is 0.636. The molecule has 1 amide bonds. The number of anilines is 1. The molecule has 0 aliphatic carbocycles. The molecule has 0 fully saturated rings. The highest BCUT2D eigenvalue weighted by Gasteiger charge is 2.20. The maximum Gasteiger partial charge on any atom is 0.277 e. The summed E-state index contributed by atoms with van der Waals surface area (Å²) in [6.07, 6.45) is 0. The first-order valence-corrected chi connectivity index (χ1v) is 8.35. The van der Waals surface area contributed by atoms with Gasteiger partial charge in [0.15, 0.2) is 0 Å². The molecule has 0 atom stereocenters. The van der Waals surface area contributed by atoms with Crippen molar-refractivity contribution in [1.29, 1.82) is 0 Å². The van der Waals surface area contributed by atoms with Gasteiger partial charge in [-0.15, -0.1) is 0 Å². The first-order valence-electron chi connectivity index (χ1n) is 8.35. The van der Waals surface area contributed by atoms with E-state index in [-0.39, 0.29) is 5.56 Å². The molecule has 0 aliphatic heterocycles. The van der Waals surface area contributed by atoms with Crippen molar-refractivity contribution in [2.45, 2.75) is 0 Å². The molecule has 0 saturated carbocycles. The minimum Gasteiger partial charge on any atom is -0.322 e. The van der Waals surface area contributed by atoms with Crippen LogP contribution in [0, 0.1) is 32.1 Å². The van der Waals surface area contributed by atoms with Gasteiger partial charge in [-0.1, -0.05) is 36.1 Å². The van der Waals surface area contributed by atoms with E-state index in [0.717, 1.165) is 23.8 Å². The number of nitro benzene ring substituents is 2. The van der Waals surface area contributed by atoms with Crippen LogP contribution in [0.2, 0.25) is 0 Å². The van der Waals surface area contributed by atoms with Crippen molar-refractivity contribution >= 4 is 23.0 Å². The number of rotatable bonds is 4. The Hall–Kier alpha value is -4.51. The number of nitrogens with zero attached hydrogens (tertiary/aromatic N) is 2. The Labute approximate surface area is 165 Å². The third kappa shape index (κ3) is 5.02. The number of hydrogen-bond acceptors (Lipinski definition) is 5. The van der Waals surface area contributed by atoms with Crippen molar-refractivity contribution in [1.82, 2.24) is 0 Å². The predicted octanol–water partition coefficient (Wildman–Crippen LogP) is 4.16. The lowest BCUT2D eigenvalue weighted by Crippen LogP contribution is -2.12. The molecule has 0 spiro atoms. The van der Waals surface area contributed by atoms with E-state index in [2.05, 4.69) is 17.2 Å². The van der Waals surface area contributed by atoms with E-state index in [1.165, 1.54) is 0 Å². The van der Waals surface area contributed by atoms with Crippen LogP contribution in [0.25, 0.3) is 0 Å². The van der Waals surface area contributed by atoms with Crippen molar-refractivity contribution in [3.63, 3.8) is 0 Å². The van der Waals surface area contributed by atoms with Crippen molar-refractivity contribution in [3.05, 3.63) is 110 Å². The van der Waals surface area contributed by atoms with Crippen LogP contribution in [0.3, 0.4) is 0 Å². The number of amides is 1. The first-order chi connectivity index (χ1) is 13.9. The maximum atomic E-state index is 12.5. The standard InChI is InChI=1S/C21H13N3O5/c25-21(17-12-19(23(26)27)14-20(13-17)24(28)29)22-18-8-4-7-16(11-18)10-9-15-5-2-1-3-6-15/h1-8,11-14H,(H,22,25). The molecule has 0 saturated heterocycles. The van der Waals surface area contributed by atoms with Gasteiger partial charge >= 0.3 is 0 Å². The number of carbonyl (C=O) groups excluding carboxylic acids is 1. The molecule has 8 nitrogen and oxygen atoms in total. The highest BCUT2D eigenvalue weighted by atomic mass is 16.6. The Morgan fingerprint density at radius 2 is 1.34 bits per heavy atom. The third-order valence-electron chi connectivity index (χ3n) is 3.83. The molecule has 0 aliphatic rings. The monoisotopic (exact) mass is 387 g/mol. The molecule has 29 heavy (non-hydrogen) atoms. The lowest BCUT2D eigenvalue weighted by atomic mass is 10.1. The highest BCUT2D eigenvalue weighted by molar-refractivity contribution is 6.05. The second-order valence-electron chi connectivity index (χ2n) is 5.90. The molecular formula is C21H13N3O5. The van der Waals surface area contributed by atoms with Crippen molar-refractivity contribution in [2.24, 2.45) is 0 Å². The average Bonchev–Trinajstić information content (AvgIpc) is 2.73. The molecule has 0 bridgehead atoms. The summed E-state index contributed by atoms with van der Waals surface area (Å²) in [6.45, 7) is 0. The SMILES string of the molecule is O=C(Nc1cccc(C#Cc2ccccc2)c1)c1cc([N+](=O)[O-])cc([N+](=O)[O-])c1. The fraction of sp³-hybridized carbons (Fsp3) is 0. The van der Waals surface area contributed by atoms with Crippen LogP contribution in [0.4, 0.5) is 17.1 Å². The Balaban J connectivity index is 1.84. The van der Waals surface area contributed by atoms with Crippen LogP contribution in [0.1, 0.15) is 21.5 Å². The molecule has 0 heterocycles. The maximum absolute atomic E-state index is 12.5. The molecule has 0 radical (unpaired) electrons. The van der Waals surface area contributed by atoms with Crippen LogP contribution in [0.5, 0.6) is 0 Å². The molecular weight excluding hydrogens is 374 g/mol. The summed E-state index contributed by atoms with van der Waals surface area (Å²) in [5, 5.41) is 24.5. The Bertz CT molecular complexity index is 1130. The largest absolute Gasteiger partial charge is 0.322 e. The number of non-ortho nitro benzene ring substituents is 2. The van der Waals surface area contributed by atoms with Gasteiger partial charge in [-0.05, 0) is 30.3 Å². The van der Waals surface area contributed by atoms with Crippen molar-refractivity contribution in [2.75, 3.05) is 5.32 Å². The summed E-state index contributed by atoms with van der Waals surface area (Å²) < 4.78 is 0. The molecule has 3 rings (SSSR count). The van der Waals surface area contributed by atoms with Gasteiger partial charge in [0.05, 0.1) is 21.5 Å². The topological polar surface area (TPSA) is 115 Å². The normalized spacial score (nSPS) is 9.79. The summed E-state index contributed by atoms with van der Waals surface area (Å²) in [7, 11) is 0. The molecule has 0 aromatic heterocycles. The molecule has 8 heteroatoms. The van der Waals surface area contributed by atoms with Crippen molar-refractivity contribution < 1.29 is 14.6 Å². The molecule has 142 valence electrons. The Morgan fingerprint density at radius 3 is 1.97 bits per heavy atom. The number of hydrogen-bond donors (Lipinski definition) is 1. The van der Waals surface area contributed by atoms with Gasteiger partial charge in [0.1, 0.15) is 0 Å². The van der Waals surface area contributed by atoms with Crippen LogP contribution >= 0.6 is 0 Å². The average molecular weight is 387 g/mol. The summed E-state index contributed by atoms with van der Waals surface area (Å²) in [4.78, 5) is 32.8. The summed E-state index contributed by atoms with van der Waals surface area (Å²) in [5.74, 6) is 5.28. The zero-order valence-electron chi connectivity index (χ0n) is 14.9. The number of benzene rings is 3. The molecule has 1 N–H and O–H groups in total. The van der Waals surface area contributed by atoms with Gasteiger partial charge in [0.2, 0.25) is 0 Å². The van der Waals surface area contributed by atoms with Gasteiger partial charge in [-0.3, -0.25) is 25.0 Å². The van der Waals surface area contributed by atoms with Crippen LogP contribution < -0.4 is 5.32 Å². The quantitative estimate of drug-likeness (QED) is 0.410. The van der Waals surface area contributed by atoms with E-state index in [0.29, 0.717) is 11.3 Å². The van der Waals surface area contributed by atoms with Gasteiger partial charge in [0, 0.05) is 28.9 Å². The molecule has 0 unspecified atom stereocenters. The van der Waals surface area contributed by atoms with E-state index in [9.17, 15) is 25.0 Å². The second kappa shape index (κ2) is 8.45. The van der Waals surface area contributed by atoms with E-state index >= 15 is 0 Å². The van der Waals surface area contributed by atoms with Crippen LogP contribution in [0.15, 0.2) is 72.8 Å². The summed E-state index contributed by atoms with van der Waals surface area (Å²) >= 11 is 0. The lowest BCUT2D eigenvalue weighted by Gasteiger charge is -2.06. The minimum absolute atomic E-state index is 0.188. The van der Waals surface area contributed by atoms with Gasteiger partial charge < -0.3 is 5.32 Å². The Morgan fingerprint density at radius 1 is 0.759 bits per heavy atom. The fourth-order valence-electron chi connectivity index (χ4n) is 2.48. The van der Waals surface area contributed by atoms with Crippen molar-refractivity contribution in [3.8, 4) is 11.8 Å². The predicted molar refractivity (Wildman–Crippen MR) is 107 cm³/mol. The second-order valence-corrected chi connectivity index (χ2v) is 5.90. The number of nitrogens with one attached hydrogen (secondary N) is 1. The first kappa shape index (κ1) is 19.3. The fourth-order valence-corrected chi connectivity index (χ4v) is 2.48. The van der Waals surface area contributed by atoms with E-state index in [1.54, 1.807) is 24.3 Å². The van der Waals surface area contributed by atoms with Crippen LogP contribution in [-0.2, 0) is 0 Å². The van der Waals surface area contributed by atoms with E-state index in [4.69, 9.17) is 0 Å². The van der Waals surface area contributed by atoms with Gasteiger partial charge in [-0.2, -0.15) is 0 Å². The third-order valence-corrected chi connectivity index (χ3v) is 3.83. The minimum atomic E-state index is -0.788. The smallest absolute Gasteiger partial charge is 0.277 e. The van der Waals surface area contributed by atoms with Gasteiger partial charge in [-0.25, -0.2) is 0 Å². The molecule has 3 aromatic carbocycles.